The number of nitrogens with two attached hydrogens (primary N) is 1. The number of phosphoric ester groups is 1. The van der Waals surface area contributed by atoms with Crippen molar-refractivity contribution in [1.82, 2.24) is 0 Å². The normalized spacial score (nSPS) is 20.5. The maximum absolute atomic E-state index is 12.7. The number of phosphoric acid groups is 1. The quantitative estimate of drug-likeness (QED) is 0.0145. The molecule has 0 radical (unpaired) electrons. The molecule has 0 aromatic carbocycles. The van der Waals surface area contributed by atoms with E-state index >= 15 is 0 Å². The van der Waals surface area contributed by atoms with Crippen LogP contribution in [0.2, 0.25) is 0 Å². The average molecular weight is 930 g/mol. The first kappa shape index (κ1) is 59.3. The van der Waals surface area contributed by atoms with Crippen LogP contribution in [-0.4, -0.2) is 99.8 Å². The van der Waals surface area contributed by atoms with Crippen molar-refractivity contribution in [3.63, 3.8) is 0 Å². The second kappa shape index (κ2) is 38.4. The lowest BCUT2D eigenvalue weighted by molar-refractivity contribution is -0.199. The van der Waals surface area contributed by atoms with Gasteiger partial charge in [-0.25, -0.2) is 4.57 Å². The molecule has 1 heterocycles. The van der Waals surface area contributed by atoms with Crippen molar-refractivity contribution in [2.45, 2.75) is 211 Å². The molecule has 8 atom stereocenters. The minimum Gasteiger partial charge on any atom is -0.480 e. The predicted molar refractivity (Wildman–Crippen MR) is 248 cm³/mol. The zero-order chi connectivity index (χ0) is 47.3. The zero-order valence-electron chi connectivity index (χ0n) is 38.9. The first-order valence-corrected chi connectivity index (χ1v) is 25.6. The summed E-state index contributed by atoms with van der Waals surface area (Å²) in [7, 11) is -4.79. The summed E-state index contributed by atoms with van der Waals surface area (Å²) in [6.07, 6.45) is 33.6. The van der Waals surface area contributed by atoms with Crippen LogP contribution in [0, 0.1) is 5.92 Å². The Bertz CT molecular complexity index is 1390. The van der Waals surface area contributed by atoms with Crippen molar-refractivity contribution in [1.29, 1.82) is 0 Å². The van der Waals surface area contributed by atoms with Crippen LogP contribution in [0.3, 0.4) is 0 Å². The zero-order valence-corrected chi connectivity index (χ0v) is 39.8. The topological polar surface area (TPSA) is 242 Å². The number of carboxylic acids is 1. The molecule has 0 amide bonds. The molecule has 370 valence electrons. The highest BCUT2D eigenvalue weighted by Crippen LogP contribution is 2.43. The van der Waals surface area contributed by atoms with Crippen LogP contribution < -0.4 is 5.73 Å². The maximum Gasteiger partial charge on any atom is 0.472 e. The third-order valence-corrected chi connectivity index (χ3v) is 11.8. The summed E-state index contributed by atoms with van der Waals surface area (Å²) >= 11 is 0. The molecule has 0 bridgehead atoms. The largest absolute Gasteiger partial charge is 0.480 e. The molecule has 15 nitrogen and oxygen atoms in total. The Morgan fingerprint density at radius 3 is 1.95 bits per heavy atom. The molecule has 64 heavy (non-hydrogen) atoms. The van der Waals surface area contributed by atoms with Gasteiger partial charge in [0.15, 0.2) is 12.4 Å². The Kier molecular flexibility index (Phi) is 35.6. The van der Waals surface area contributed by atoms with Crippen LogP contribution in [0.1, 0.15) is 174 Å². The highest BCUT2D eigenvalue weighted by atomic mass is 31.2. The fraction of sp³-hybridized carbons (Fsp3) is 0.771. The summed E-state index contributed by atoms with van der Waals surface area (Å²) in [4.78, 5) is 46.3. The Labute approximate surface area is 383 Å². The van der Waals surface area contributed by atoms with Crippen LogP contribution in [-0.2, 0) is 42.2 Å². The Hall–Kier alpha value is -2.72. The van der Waals surface area contributed by atoms with Crippen LogP contribution in [0.25, 0.3) is 0 Å². The molecule has 1 aliphatic rings. The summed E-state index contributed by atoms with van der Waals surface area (Å²) < 4.78 is 38.4. The Morgan fingerprint density at radius 2 is 1.30 bits per heavy atom. The molecule has 1 saturated heterocycles. The van der Waals surface area contributed by atoms with Crippen LogP contribution in [0.15, 0.2) is 48.6 Å². The van der Waals surface area contributed by atoms with E-state index in [9.17, 15) is 39.2 Å². The SMILES string of the molecule is CCCCC/C=C\C/C=C\CCCCCCCCCCCC(=O)O[C@H](COC(=O)CCC/C=C\C[C@H]1[C@@H](O)CC(O)O[C@@H]1/C=C/[C@@H](O)CCCCC)COP(=O)(O)OC[C@H](N)C(=O)O. The number of allylic oxidation sites excluding steroid dienone is 6. The number of aliphatic carboxylic acids is 1. The van der Waals surface area contributed by atoms with E-state index in [1.807, 2.05) is 12.2 Å². The van der Waals surface area contributed by atoms with Gasteiger partial charge in [0.05, 0.1) is 31.5 Å². The van der Waals surface area contributed by atoms with E-state index in [-0.39, 0.29) is 25.2 Å². The van der Waals surface area contributed by atoms with Gasteiger partial charge in [-0.2, -0.15) is 0 Å². The number of unbranched alkanes of at least 4 members (excludes halogenated alkanes) is 15. The standard InChI is InChI=1S/C48H84NO14P/c1-3-5-7-8-9-10-11-12-13-14-15-16-17-18-19-20-21-22-28-32-46(53)62-40(37-60-64(57,58)61-38-42(49)48(55)56)36-59-45(52)31-27-24-23-26-30-41-43(51)35-47(54)63-44(41)34-33-39(50)29-25-6-4-2/h9-10,12-13,23,26,33-34,39-44,47,50-51,54H,3-8,11,14-22,24-25,27-32,35-38,49H2,1-2H3,(H,55,56)(H,57,58)/b10-9-,13-12-,26-23-,34-33+/t39-,40+,41-,42-,43-,44+,47?/m0/s1. The molecule has 0 aromatic rings. The summed E-state index contributed by atoms with van der Waals surface area (Å²) in [6.45, 7) is 2.40. The minimum absolute atomic E-state index is 0.0257. The number of carbonyl (C=O) groups excluding carboxylic acids is 2. The number of hydrogen-bond acceptors (Lipinski definition) is 13. The number of carbonyl (C=O) groups is 3. The third kappa shape index (κ3) is 32.9. The van der Waals surface area contributed by atoms with Gasteiger partial charge in [-0.3, -0.25) is 23.4 Å². The number of aliphatic hydroxyl groups excluding tert-OH is 3. The van der Waals surface area contributed by atoms with Crippen molar-refractivity contribution in [3.8, 4) is 0 Å². The van der Waals surface area contributed by atoms with Gasteiger partial charge in [0, 0.05) is 25.2 Å². The monoisotopic (exact) mass is 930 g/mol. The lowest BCUT2D eigenvalue weighted by atomic mass is 9.87. The van der Waals surface area contributed by atoms with Gasteiger partial charge in [0.1, 0.15) is 12.6 Å². The smallest absolute Gasteiger partial charge is 0.472 e. The minimum atomic E-state index is -4.79. The van der Waals surface area contributed by atoms with Crippen LogP contribution in [0.4, 0.5) is 0 Å². The van der Waals surface area contributed by atoms with E-state index < -0.39 is 82.3 Å². The lowest BCUT2D eigenvalue weighted by Gasteiger charge is -2.36. The Balaban J connectivity index is 2.47. The molecule has 0 saturated carbocycles. The van der Waals surface area contributed by atoms with Gasteiger partial charge in [-0.1, -0.05) is 140 Å². The van der Waals surface area contributed by atoms with Gasteiger partial charge in [0.2, 0.25) is 0 Å². The molecular formula is C48H84NO14P. The molecule has 0 aliphatic carbocycles. The molecule has 1 aliphatic heterocycles. The van der Waals surface area contributed by atoms with E-state index in [2.05, 4.69) is 42.7 Å². The third-order valence-electron chi connectivity index (χ3n) is 10.8. The highest BCUT2D eigenvalue weighted by Gasteiger charge is 2.35. The van der Waals surface area contributed by atoms with Crippen LogP contribution in [0.5, 0.6) is 0 Å². The van der Waals surface area contributed by atoms with Gasteiger partial charge in [-0.05, 0) is 64.2 Å². The molecular weight excluding hydrogens is 845 g/mol. The van der Waals surface area contributed by atoms with Gasteiger partial charge < -0.3 is 45.3 Å². The van der Waals surface area contributed by atoms with E-state index in [4.69, 9.17) is 29.6 Å². The number of hydrogen-bond donors (Lipinski definition) is 6. The fourth-order valence-electron chi connectivity index (χ4n) is 6.96. The molecule has 2 unspecified atom stereocenters. The summed E-state index contributed by atoms with van der Waals surface area (Å²) in [5.74, 6) is -2.95. The van der Waals surface area contributed by atoms with Crippen molar-refractivity contribution in [2.24, 2.45) is 11.7 Å². The maximum atomic E-state index is 12.7. The van der Waals surface area contributed by atoms with Gasteiger partial charge in [-0.15, -0.1) is 0 Å². The second-order valence-electron chi connectivity index (χ2n) is 16.8. The van der Waals surface area contributed by atoms with Crippen molar-refractivity contribution >= 4 is 25.7 Å². The number of esters is 2. The average Bonchev–Trinajstić information content (AvgIpc) is 3.25. The number of aliphatic hydroxyl groups is 3. The molecule has 0 spiro atoms. The molecule has 0 aromatic heterocycles. The van der Waals surface area contributed by atoms with Crippen molar-refractivity contribution in [3.05, 3.63) is 48.6 Å². The van der Waals surface area contributed by atoms with Gasteiger partial charge >= 0.3 is 25.7 Å². The first-order valence-electron chi connectivity index (χ1n) is 24.1. The Morgan fingerprint density at radius 1 is 0.734 bits per heavy atom. The fourth-order valence-corrected chi connectivity index (χ4v) is 7.74. The molecule has 1 fully saturated rings. The summed E-state index contributed by atoms with van der Waals surface area (Å²) in [5, 5.41) is 39.9. The molecule has 1 rings (SSSR count). The van der Waals surface area contributed by atoms with E-state index in [1.54, 1.807) is 12.2 Å². The van der Waals surface area contributed by atoms with E-state index in [1.165, 1.54) is 51.4 Å². The lowest BCUT2D eigenvalue weighted by Crippen LogP contribution is -2.43. The predicted octanol–water partition coefficient (Wildman–Crippen LogP) is 9.06. The second-order valence-corrected chi connectivity index (χ2v) is 18.2. The van der Waals surface area contributed by atoms with E-state index in [0.29, 0.717) is 32.1 Å². The first-order chi connectivity index (χ1) is 30.8. The van der Waals surface area contributed by atoms with Crippen molar-refractivity contribution in [2.75, 3.05) is 19.8 Å². The summed E-state index contributed by atoms with van der Waals surface area (Å²) in [6, 6.07) is -1.57. The number of rotatable bonds is 40. The van der Waals surface area contributed by atoms with E-state index in [0.717, 1.165) is 57.8 Å². The van der Waals surface area contributed by atoms with Crippen LogP contribution >= 0.6 is 7.82 Å². The van der Waals surface area contributed by atoms with Crippen molar-refractivity contribution < 1.29 is 67.5 Å². The van der Waals surface area contributed by atoms with Gasteiger partial charge in [0.25, 0.3) is 0 Å². The number of carboxylic acid groups (broad SMARTS) is 1. The number of ether oxygens (including phenoxy) is 3. The molecule has 16 heteroatoms. The summed E-state index contributed by atoms with van der Waals surface area (Å²) in [5.41, 5.74) is 5.34. The highest BCUT2D eigenvalue weighted by molar-refractivity contribution is 7.47. The molecule has 7 N–H and O–H groups in total.